The van der Waals surface area contributed by atoms with Gasteiger partial charge in [0.15, 0.2) is 0 Å². The maximum absolute atomic E-state index is 13.3. The van der Waals surface area contributed by atoms with Crippen LogP contribution in [-0.2, 0) is 9.53 Å². The minimum Gasteiger partial charge on any atom is -0.453 e. The highest BCUT2D eigenvalue weighted by atomic mass is 16.5. The Kier molecular flexibility index (Phi) is 6.17. The third-order valence-corrected chi connectivity index (χ3v) is 6.15. The fourth-order valence-corrected chi connectivity index (χ4v) is 4.38. The Morgan fingerprint density at radius 1 is 1.19 bits per heavy atom. The van der Waals surface area contributed by atoms with E-state index >= 15 is 0 Å². The molecule has 0 radical (unpaired) electrons. The largest absolute Gasteiger partial charge is 0.453 e. The topological polar surface area (TPSA) is 87.3 Å². The molecule has 7 heteroatoms. The van der Waals surface area contributed by atoms with Gasteiger partial charge in [-0.15, -0.1) is 0 Å². The summed E-state index contributed by atoms with van der Waals surface area (Å²) in [5.74, 6) is 0.610. The summed E-state index contributed by atoms with van der Waals surface area (Å²) in [7, 11) is 1.30. The lowest BCUT2D eigenvalue weighted by molar-refractivity contribution is -0.135. The van der Waals surface area contributed by atoms with E-state index in [4.69, 9.17) is 4.74 Å². The standard InChI is InChI=1S/C25H30N4O3/c1-15(2)22(28-25(31)32-4)24(30)29-11-5-6-21(29)23-26-14-20(27-23)19-10-9-17-12-16(3)7-8-18(17)13-19/h7-10,12-15,21-22H,5-6,11H2,1-4H3,(H,26,27)(H,28,31)/t21-,22-/m0/s1. The number of carbonyl (C=O) groups is 2. The first-order valence-corrected chi connectivity index (χ1v) is 11.1. The molecule has 7 nitrogen and oxygen atoms in total. The van der Waals surface area contributed by atoms with Gasteiger partial charge in [0.05, 0.1) is 25.0 Å². The first-order valence-electron chi connectivity index (χ1n) is 11.1. The molecule has 1 aliphatic heterocycles. The number of fused-ring (bicyclic) bond motifs is 1. The van der Waals surface area contributed by atoms with Crippen molar-refractivity contribution in [2.45, 2.75) is 45.7 Å². The number of aryl methyl sites for hydroxylation is 1. The number of nitrogens with zero attached hydrogens (tertiary/aromatic N) is 2. The van der Waals surface area contributed by atoms with Gasteiger partial charge in [-0.05, 0) is 42.5 Å². The van der Waals surface area contributed by atoms with Gasteiger partial charge >= 0.3 is 6.09 Å². The summed E-state index contributed by atoms with van der Waals surface area (Å²) in [6.45, 7) is 6.56. The van der Waals surface area contributed by atoms with Gasteiger partial charge in [0.25, 0.3) is 0 Å². The molecule has 0 bridgehead atoms. The molecule has 0 unspecified atom stereocenters. The van der Waals surface area contributed by atoms with E-state index in [0.29, 0.717) is 6.54 Å². The maximum Gasteiger partial charge on any atom is 0.407 e. The summed E-state index contributed by atoms with van der Waals surface area (Å²) in [6, 6.07) is 12.0. The van der Waals surface area contributed by atoms with E-state index < -0.39 is 12.1 Å². The first kappa shape index (κ1) is 21.9. The molecule has 3 aromatic rings. The van der Waals surface area contributed by atoms with E-state index in [1.54, 1.807) is 0 Å². The second kappa shape index (κ2) is 9.02. The lowest BCUT2D eigenvalue weighted by atomic mass is 10.0. The number of benzene rings is 2. The number of amides is 2. The number of aromatic nitrogens is 2. The number of carbonyl (C=O) groups excluding carboxylic acids is 2. The summed E-state index contributed by atoms with van der Waals surface area (Å²) < 4.78 is 4.71. The van der Waals surface area contributed by atoms with Gasteiger partial charge in [-0.2, -0.15) is 0 Å². The minimum atomic E-state index is -0.638. The molecule has 1 aliphatic rings. The predicted octanol–water partition coefficient (Wildman–Crippen LogP) is 4.58. The number of H-pyrrole nitrogens is 1. The predicted molar refractivity (Wildman–Crippen MR) is 124 cm³/mol. The highest BCUT2D eigenvalue weighted by Crippen LogP contribution is 2.33. The number of imidazole rings is 1. The summed E-state index contributed by atoms with van der Waals surface area (Å²) in [6.07, 6.45) is 2.96. The van der Waals surface area contributed by atoms with Gasteiger partial charge in [0, 0.05) is 12.1 Å². The molecule has 0 aliphatic carbocycles. The maximum atomic E-state index is 13.3. The summed E-state index contributed by atoms with van der Waals surface area (Å²) >= 11 is 0. The highest BCUT2D eigenvalue weighted by molar-refractivity contribution is 5.88. The molecule has 2 atom stereocenters. The minimum absolute atomic E-state index is 0.0590. The van der Waals surface area contributed by atoms with E-state index in [1.165, 1.54) is 23.4 Å². The molecule has 1 saturated heterocycles. The summed E-state index contributed by atoms with van der Waals surface area (Å²) in [5.41, 5.74) is 3.22. The average Bonchev–Trinajstić information content (AvgIpc) is 3.45. The molecule has 4 rings (SSSR count). The van der Waals surface area contributed by atoms with Gasteiger partial charge in [-0.25, -0.2) is 9.78 Å². The third kappa shape index (κ3) is 4.33. The Balaban J connectivity index is 1.57. The molecular formula is C25H30N4O3. The monoisotopic (exact) mass is 434 g/mol. The zero-order valence-corrected chi connectivity index (χ0v) is 19.0. The molecule has 1 fully saturated rings. The fourth-order valence-electron chi connectivity index (χ4n) is 4.38. The third-order valence-electron chi connectivity index (χ3n) is 6.15. The van der Waals surface area contributed by atoms with E-state index in [9.17, 15) is 9.59 Å². The number of likely N-dealkylation sites (tertiary alicyclic amines) is 1. The molecule has 2 aromatic carbocycles. The Hall–Kier alpha value is -3.35. The second-order valence-corrected chi connectivity index (χ2v) is 8.79. The SMILES string of the molecule is COC(=O)N[C@H](C(=O)N1CCC[C@H]1c1ncc(-c2ccc3cc(C)ccc3c2)[nH]1)C(C)C. The van der Waals surface area contributed by atoms with Crippen LogP contribution in [0.4, 0.5) is 4.79 Å². The highest BCUT2D eigenvalue weighted by Gasteiger charge is 2.37. The normalized spacial score (nSPS) is 17.0. The zero-order chi connectivity index (χ0) is 22.8. The van der Waals surface area contributed by atoms with Gasteiger partial charge in [-0.1, -0.05) is 49.7 Å². The van der Waals surface area contributed by atoms with Gasteiger partial charge in [-0.3, -0.25) is 4.79 Å². The van der Waals surface area contributed by atoms with Crippen molar-refractivity contribution >= 4 is 22.8 Å². The van der Waals surface area contributed by atoms with Crippen molar-refractivity contribution in [1.82, 2.24) is 20.2 Å². The lowest BCUT2D eigenvalue weighted by Gasteiger charge is -2.30. The van der Waals surface area contributed by atoms with Gasteiger partial charge in [0.1, 0.15) is 11.9 Å². The van der Waals surface area contributed by atoms with Crippen molar-refractivity contribution < 1.29 is 14.3 Å². The number of aromatic amines is 1. The van der Waals surface area contributed by atoms with Crippen molar-refractivity contribution in [3.8, 4) is 11.3 Å². The molecule has 0 saturated carbocycles. The molecule has 1 aromatic heterocycles. The van der Waals surface area contributed by atoms with Crippen LogP contribution in [0.1, 0.15) is 44.1 Å². The Bertz CT molecular complexity index is 1140. The number of rotatable bonds is 5. The van der Waals surface area contributed by atoms with Crippen molar-refractivity contribution in [3.05, 3.63) is 54.0 Å². The second-order valence-electron chi connectivity index (χ2n) is 8.79. The van der Waals surface area contributed by atoms with Crippen LogP contribution >= 0.6 is 0 Å². The van der Waals surface area contributed by atoms with Crippen molar-refractivity contribution in [2.24, 2.45) is 5.92 Å². The van der Waals surface area contributed by atoms with Crippen LogP contribution in [0.2, 0.25) is 0 Å². The smallest absolute Gasteiger partial charge is 0.407 e. The number of hydrogen-bond donors (Lipinski definition) is 2. The molecule has 168 valence electrons. The van der Waals surface area contributed by atoms with Crippen molar-refractivity contribution in [2.75, 3.05) is 13.7 Å². The fraction of sp³-hybridized carbons (Fsp3) is 0.400. The van der Waals surface area contributed by atoms with E-state index in [1.807, 2.05) is 24.9 Å². The average molecular weight is 435 g/mol. The van der Waals surface area contributed by atoms with E-state index in [0.717, 1.165) is 29.9 Å². The van der Waals surface area contributed by atoms with Crippen LogP contribution in [0.5, 0.6) is 0 Å². The summed E-state index contributed by atoms with van der Waals surface area (Å²) in [4.78, 5) is 34.9. The number of ether oxygens (including phenoxy) is 1. The molecular weight excluding hydrogens is 404 g/mol. The van der Waals surface area contributed by atoms with Gasteiger partial charge in [0.2, 0.25) is 5.91 Å². The van der Waals surface area contributed by atoms with Crippen LogP contribution < -0.4 is 5.32 Å². The van der Waals surface area contributed by atoms with E-state index in [-0.39, 0.29) is 17.9 Å². The summed E-state index contributed by atoms with van der Waals surface area (Å²) in [5, 5.41) is 5.07. The van der Waals surface area contributed by atoms with Crippen molar-refractivity contribution in [3.63, 3.8) is 0 Å². The number of methoxy groups -OCH3 is 1. The number of hydrogen-bond acceptors (Lipinski definition) is 4. The van der Waals surface area contributed by atoms with Crippen LogP contribution in [0.15, 0.2) is 42.6 Å². The van der Waals surface area contributed by atoms with Crippen LogP contribution in [0, 0.1) is 12.8 Å². The van der Waals surface area contributed by atoms with Gasteiger partial charge < -0.3 is 19.9 Å². The number of alkyl carbamates (subject to hydrolysis) is 1. The van der Waals surface area contributed by atoms with Crippen LogP contribution in [0.3, 0.4) is 0 Å². The van der Waals surface area contributed by atoms with Crippen molar-refractivity contribution in [1.29, 1.82) is 0 Å². The Morgan fingerprint density at radius 2 is 1.94 bits per heavy atom. The first-order chi connectivity index (χ1) is 15.4. The Morgan fingerprint density at radius 3 is 2.69 bits per heavy atom. The molecule has 0 spiro atoms. The molecule has 2 N–H and O–H groups in total. The number of nitrogens with one attached hydrogen (secondary N) is 2. The molecule has 2 amide bonds. The van der Waals surface area contributed by atoms with Crippen LogP contribution in [-0.4, -0.2) is 46.6 Å². The Labute approximate surface area is 188 Å². The van der Waals surface area contributed by atoms with Crippen LogP contribution in [0.25, 0.3) is 22.0 Å². The zero-order valence-electron chi connectivity index (χ0n) is 19.0. The molecule has 32 heavy (non-hydrogen) atoms. The molecule has 2 heterocycles. The lowest BCUT2D eigenvalue weighted by Crippen LogP contribution is -2.51. The quantitative estimate of drug-likeness (QED) is 0.615. The van der Waals surface area contributed by atoms with E-state index in [2.05, 4.69) is 58.6 Å².